The molecule has 2 aromatic rings. The highest BCUT2D eigenvalue weighted by Crippen LogP contribution is 2.17. The molecular weight excluding hydrogens is 598 g/mol. The van der Waals surface area contributed by atoms with Gasteiger partial charge in [-0.05, 0) is 92.0 Å². The Morgan fingerprint density at radius 3 is 2.16 bits per heavy atom. The van der Waals surface area contributed by atoms with Gasteiger partial charge in [-0.15, -0.1) is 0 Å². The number of thioether (sulfide) groups is 1. The number of carbonyl (C=O) groups is 3. The molecule has 0 unspecified atom stereocenters. The Labute approximate surface area is 271 Å². The second-order valence-corrected chi connectivity index (χ2v) is 12.8. The first-order valence-electron chi connectivity index (χ1n) is 15.7. The minimum Gasteiger partial charge on any atom is -0.456 e. The van der Waals surface area contributed by atoms with Crippen LogP contribution in [0.3, 0.4) is 0 Å². The largest absolute Gasteiger partial charge is 0.456 e. The first kappa shape index (κ1) is 38.2. The normalized spacial score (nSPS) is 13.3. The molecule has 0 fully saturated rings. The van der Waals surface area contributed by atoms with Gasteiger partial charge in [0, 0.05) is 43.9 Å². The summed E-state index contributed by atoms with van der Waals surface area (Å²) in [6, 6.07) is 6.63. The van der Waals surface area contributed by atoms with Gasteiger partial charge in [-0.3, -0.25) is 9.59 Å². The van der Waals surface area contributed by atoms with E-state index in [4.69, 9.17) is 10.5 Å². The molecule has 0 aliphatic heterocycles. The van der Waals surface area contributed by atoms with Gasteiger partial charge < -0.3 is 26.0 Å². The number of hydrogen-bond donors (Lipinski definition) is 3. The summed E-state index contributed by atoms with van der Waals surface area (Å²) in [6.07, 6.45) is 3.15. The molecule has 0 saturated carbocycles. The Balaban J connectivity index is 2.35. The van der Waals surface area contributed by atoms with Gasteiger partial charge in [0.05, 0.1) is 11.6 Å². The van der Waals surface area contributed by atoms with Crippen molar-refractivity contribution in [3.8, 4) is 0 Å². The fraction of sp³-hybridized carbons (Fsp3) is 0.559. The Kier molecular flexibility index (Phi) is 16.5. The number of ether oxygens (including phenoxy) is 1. The Hall–Kier alpha value is -3.02. The number of halogens is 2. The number of nitrogens with two attached hydrogens (primary N) is 1. The van der Waals surface area contributed by atoms with E-state index in [9.17, 15) is 23.2 Å². The average Bonchev–Trinajstić information content (AvgIpc) is 2.97. The number of rotatable bonds is 19. The van der Waals surface area contributed by atoms with Crippen LogP contribution in [0.2, 0.25) is 0 Å². The summed E-state index contributed by atoms with van der Waals surface area (Å²) in [6.45, 7) is 11.6. The molecule has 11 heteroatoms. The van der Waals surface area contributed by atoms with Gasteiger partial charge in [0.25, 0.3) is 5.91 Å². The first-order valence-corrected chi connectivity index (χ1v) is 17.1. The maximum atomic E-state index is 13.9. The summed E-state index contributed by atoms with van der Waals surface area (Å²) in [5, 5.41) is 6.16. The van der Waals surface area contributed by atoms with Crippen molar-refractivity contribution in [2.24, 2.45) is 11.7 Å². The van der Waals surface area contributed by atoms with Gasteiger partial charge in [0.2, 0.25) is 5.91 Å². The number of nitrogens with one attached hydrogen (secondary N) is 2. The summed E-state index contributed by atoms with van der Waals surface area (Å²) in [5.41, 5.74) is 8.13. The quantitative estimate of drug-likeness (QED) is 0.181. The number of nitrogens with zero attached hydrogens (tertiary/aromatic N) is 1. The Morgan fingerprint density at radius 2 is 1.58 bits per heavy atom. The molecule has 2 aromatic carbocycles. The van der Waals surface area contributed by atoms with E-state index in [-0.39, 0.29) is 36.3 Å². The van der Waals surface area contributed by atoms with Crippen molar-refractivity contribution >= 4 is 29.5 Å². The zero-order valence-corrected chi connectivity index (χ0v) is 28.3. The topological polar surface area (TPSA) is 114 Å². The number of benzene rings is 2. The molecule has 2 rings (SSSR count). The van der Waals surface area contributed by atoms with Crippen LogP contribution >= 0.6 is 11.8 Å². The second kappa shape index (κ2) is 19.5. The lowest BCUT2D eigenvalue weighted by atomic mass is 10.0. The van der Waals surface area contributed by atoms with Crippen LogP contribution in [0.1, 0.15) is 78.8 Å². The highest BCUT2D eigenvalue weighted by Gasteiger charge is 2.27. The lowest BCUT2D eigenvalue weighted by Gasteiger charge is -2.27. The predicted octanol–water partition coefficient (Wildman–Crippen LogP) is 5.11. The first-order chi connectivity index (χ1) is 21.4. The van der Waals surface area contributed by atoms with Gasteiger partial charge >= 0.3 is 5.97 Å². The highest BCUT2D eigenvalue weighted by atomic mass is 32.2. The van der Waals surface area contributed by atoms with Crippen LogP contribution in [0.15, 0.2) is 36.4 Å². The molecule has 0 aliphatic rings. The third-order valence-corrected chi connectivity index (χ3v) is 7.79. The van der Waals surface area contributed by atoms with E-state index in [1.807, 2.05) is 34.0 Å². The van der Waals surface area contributed by atoms with E-state index in [0.29, 0.717) is 42.7 Å². The molecule has 0 radical (unpaired) electrons. The van der Waals surface area contributed by atoms with Crippen LogP contribution in [0.4, 0.5) is 8.78 Å². The standard InChI is InChI=1S/C34H50F2N4O4S/c1-7-10-40(11-8-2)33(42)25-13-23(5)14-26(18-25)34(43)44-31(29(37)17-24-15-27(35)19-28(36)16-24)21-38-30(9-12-45-6)32(41)39-20-22(3)4/h13-16,18-19,22,29-31,38H,7-12,17,20-21,37H2,1-6H3,(H,39,41)/t29-,30+,31+/m1/s1. The van der Waals surface area contributed by atoms with Crippen LogP contribution < -0.4 is 16.4 Å². The summed E-state index contributed by atoms with van der Waals surface area (Å²) in [4.78, 5) is 41.6. The molecule has 250 valence electrons. The monoisotopic (exact) mass is 648 g/mol. The number of esters is 1. The van der Waals surface area contributed by atoms with Crippen molar-refractivity contribution in [1.29, 1.82) is 0 Å². The van der Waals surface area contributed by atoms with Crippen molar-refractivity contribution in [2.75, 3.05) is 38.2 Å². The molecular formula is C34H50F2N4O4S. The van der Waals surface area contributed by atoms with Crippen molar-refractivity contribution in [3.63, 3.8) is 0 Å². The lowest BCUT2D eigenvalue weighted by molar-refractivity contribution is -0.123. The molecule has 0 heterocycles. The fourth-order valence-electron chi connectivity index (χ4n) is 4.93. The smallest absolute Gasteiger partial charge is 0.338 e. The lowest BCUT2D eigenvalue weighted by Crippen LogP contribution is -2.52. The molecule has 3 atom stereocenters. The molecule has 0 saturated heterocycles. The Bertz CT molecular complexity index is 1240. The number of hydrogen-bond acceptors (Lipinski definition) is 7. The third kappa shape index (κ3) is 13.1. The number of carbonyl (C=O) groups excluding carboxylic acids is 3. The molecule has 0 aromatic heterocycles. The van der Waals surface area contributed by atoms with Crippen LogP contribution in [-0.2, 0) is 16.0 Å². The maximum Gasteiger partial charge on any atom is 0.338 e. The molecule has 2 amide bonds. The van der Waals surface area contributed by atoms with E-state index in [2.05, 4.69) is 10.6 Å². The molecule has 0 bridgehead atoms. The molecule has 4 N–H and O–H groups in total. The van der Waals surface area contributed by atoms with Crippen molar-refractivity contribution in [3.05, 3.63) is 70.3 Å². The third-order valence-electron chi connectivity index (χ3n) is 7.14. The minimum atomic E-state index is -0.963. The van der Waals surface area contributed by atoms with Crippen LogP contribution in [0, 0.1) is 24.5 Å². The van der Waals surface area contributed by atoms with E-state index in [1.165, 1.54) is 18.2 Å². The van der Waals surface area contributed by atoms with Crippen LogP contribution in [0.5, 0.6) is 0 Å². The van der Waals surface area contributed by atoms with Gasteiger partial charge in [-0.1, -0.05) is 27.7 Å². The summed E-state index contributed by atoms with van der Waals surface area (Å²) in [5.74, 6) is -1.51. The van der Waals surface area contributed by atoms with E-state index >= 15 is 0 Å². The van der Waals surface area contributed by atoms with Crippen molar-refractivity contribution in [1.82, 2.24) is 15.5 Å². The molecule has 8 nitrogen and oxygen atoms in total. The van der Waals surface area contributed by atoms with E-state index in [1.54, 1.807) is 35.7 Å². The van der Waals surface area contributed by atoms with Gasteiger partial charge in [0.15, 0.2) is 0 Å². The van der Waals surface area contributed by atoms with Crippen LogP contribution in [0.25, 0.3) is 0 Å². The van der Waals surface area contributed by atoms with Gasteiger partial charge in [-0.2, -0.15) is 11.8 Å². The highest BCUT2D eigenvalue weighted by molar-refractivity contribution is 7.98. The fourth-order valence-corrected chi connectivity index (χ4v) is 5.40. The zero-order chi connectivity index (χ0) is 33.5. The van der Waals surface area contributed by atoms with Gasteiger partial charge in [0.1, 0.15) is 17.7 Å². The van der Waals surface area contributed by atoms with Gasteiger partial charge in [-0.25, -0.2) is 13.6 Å². The summed E-state index contributed by atoms with van der Waals surface area (Å²) in [7, 11) is 0. The zero-order valence-electron chi connectivity index (χ0n) is 27.5. The maximum absolute atomic E-state index is 13.9. The van der Waals surface area contributed by atoms with E-state index < -0.39 is 35.8 Å². The predicted molar refractivity (Wildman–Crippen MR) is 178 cm³/mol. The second-order valence-electron chi connectivity index (χ2n) is 11.9. The van der Waals surface area contributed by atoms with E-state index in [0.717, 1.165) is 24.7 Å². The summed E-state index contributed by atoms with van der Waals surface area (Å²) < 4.78 is 33.8. The molecule has 45 heavy (non-hydrogen) atoms. The Morgan fingerprint density at radius 1 is 0.956 bits per heavy atom. The van der Waals surface area contributed by atoms with Crippen LogP contribution in [-0.4, -0.2) is 79.1 Å². The average molecular weight is 649 g/mol. The van der Waals surface area contributed by atoms with Crippen molar-refractivity contribution < 1.29 is 27.9 Å². The number of aryl methyl sites for hydroxylation is 1. The summed E-state index contributed by atoms with van der Waals surface area (Å²) >= 11 is 1.61. The van der Waals surface area contributed by atoms with Crippen molar-refractivity contribution in [2.45, 2.75) is 78.5 Å². The number of amides is 2. The SMILES string of the molecule is CCCN(CCC)C(=O)c1cc(C)cc(C(=O)O[C@@H](CN[C@@H](CCSC)C(=O)NCC(C)C)[C@H](N)Cc2cc(F)cc(F)c2)c1. The molecule has 0 spiro atoms. The molecule has 0 aliphatic carbocycles. The minimum absolute atomic E-state index is 0.0177.